The Bertz CT molecular complexity index is 872. The molecule has 7 heteroatoms. The van der Waals surface area contributed by atoms with Crippen molar-refractivity contribution < 1.29 is 9.78 Å². The normalized spacial score (nSPS) is 10.4. The SMILES string of the molecule is Nc1c(C(=O)NCc2ccc[nH+]c2)sc(=S)n1-c1ccccc1. The molecule has 2 heterocycles. The molecule has 0 bridgehead atoms. The first-order valence-corrected chi connectivity index (χ1v) is 8.19. The van der Waals surface area contributed by atoms with Gasteiger partial charge in [0, 0.05) is 23.9 Å². The first-order valence-electron chi connectivity index (χ1n) is 6.97. The van der Waals surface area contributed by atoms with Gasteiger partial charge in [0.05, 0.1) is 0 Å². The Morgan fingerprint density at radius 3 is 2.74 bits per heavy atom. The van der Waals surface area contributed by atoms with Crippen LogP contribution in [0.2, 0.25) is 0 Å². The minimum absolute atomic E-state index is 0.225. The molecule has 0 atom stereocenters. The van der Waals surface area contributed by atoms with Crippen LogP contribution in [-0.4, -0.2) is 10.5 Å². The van der Waals surface area contributed by atoms with Crippen LogP contribution >= 0.6 is 23.6 Å². The van der Waals surface area contributed by atoms with Crippen molar-refractivity contribution >= 4 is 35.3 Å². The molecule has 0 fully saturated rings. The van der Waals surface area contributed by atoms with Crippen LogP contribution in [0.15, 0.2) is 54.9 Å². The molecule has 0 aliphatic carbocycles. The fraction of sp³-hybridized carbons (Fsp3) is 0.0625. The fourth-order valence-corrected chi connectivity index (χ4v) is 3.46. The number of nitrogens with zero attached hydrogens (tertiary/aromatic N) is 1. The maximum Gasteiger partial charge on any atom is 0.265 e. The second-order valence-electron chi connectivity index (χ2n) is 4.85. The first-order chi connectivity index (χ1) is 11.2. The van der Waals surface area contributed by atoms with E-state index in [9.17, 15) is 4.79 Å². The van der Waals surface area contributed by atoms with Crippen molar-refractivity contribution in [1.82, 2.24) is 9.88 Å². The number of carbonyl (C=O) groups excluding carboxylic acids is 1. The average molecular weight is 343 g/mol. The van der Waals surface area contributed by atoms with Crippen molar-refractivity contribution in [3.63, 3.8) is 0 Å². The monoisotopic (exact) mass is 343 g/mol. The number of nitrogens with one attached hydrogen (secondary N) is 2. The number of nitrogens with two attached hydrogens (primary N) is 1. The van der Waals surface area contributed by atoms with Crippen molar-refractivity contribution in [2.75, 3.05) is 5.73 Å². The summed E-state index contributed by atoms with van der Waals surface area (Å²) < 4.78 is 2.26. The molecule has 0 unspecified atom stereocenters. The maximum absolute atomic E-state index is 12.4. The molecular weight excluding hydrogens is 328 g/mol. The van der Waals surface area contributed by atoms with Crippen LogP contribution in [0.1, 0.15) is 15.2 Å². The Labute approximate surface area is 142 Å². The molecule has 4 N–H and O–H groups in total. The summed E-state index contributed by atoms with van der Waals surface area (Å²) in [6.07, 6.45) is 3.65. The van der Waals surface area contributed by atoms with Crippen LogP contribution in [0.5, 0.6) is 0 Å². The summed E-state index contributed by atoms with van der Waals surface area (Å²) in [5.41, 5.74) is 7.97. The van der Waals surface area contributed by atoms with Crippen molar-refractivity contribution in [3.05, 3.63) is 69.3 Å². The van der Waals surface area contributed by atoms with Gasteiger partial charge in [-0.1, -0.05) is 29.5 Å². The largest absolute Gasteiger partial charge is 0.383 e. The van der Waals surface area contributed by atoms with Gasteiger partial charge >= 0.3 is 0 Å². The Balaban J connectivity index is 1.84. The van der Waals surface area contributed by atoms with E-state index in [1.165, 1.54) is 11.3 Å². The third kappa shape index (κ3) is 3.30. The topological polar surface area (TPSA) is 74.2 Å². The van der Waals surface area contributed by atoms with Gasteiger partial charge in [0.2, 0.25) is 0 Å². The third-order valence-corrected chi connectivity index (χ3v) is 4.68. The molecule has 0 spiro atoms. The standard InChI is InChI=1S/C16H14N4OS2/c17-14-13(15(21)19-10-11-5-4-8-18-9-11)23-16(22)20(14)12-6-2-1-3-7-12/h1-9H,10,17H2,(H,19,21)/p+1. The van der Waals surface area contributed by atoms with Crippen LogP contribution < -0.4 is 16.0 Å². The summed E-state index contributed by atoms with van der Waals surface area (Å²) in [7, 11) is 0. The highest BCUT2D eigenvalue weighted by Crippen LogP contribution is 2.26. The van der Waals surface area contributed by atoms with E-state index in [1.807, 2.05) is 54.9 Å². The van der Waals surface area contributed by atoms with E-state index in [0.717, 1.165) is 11.3 Å². The van der Waals surface area contributed by atoms with Gasteiger partial charge in [-0.15, -0.1) is 0 Å². The molecule has 0 radical (unpaired) electrons. The smallest absolute Gasteiger partial charge is 0.265 e. The number of hydrogen-bond donors (Lipinski definition) is 2. The van der Waals surface area contributed by atoms with E-state index in [0.29, 0.717) is 21.2 Å². The number of pyridine rings is 1. The van der Waals surface area contributed by atoms with Gasteiger partial charge in [-0.3, -0.25) is 9.36 Å². The zero-order valence-electron chi connectivity index (χ0n) is 12.2. The number of thiazole rings is 1. The third-order valence-electron chi connectivity index (χ3n) is 3.29. The molecule has 23 heavy (non-hydrogen) atoms. The molecule has 116 valence electrons. The van der Waals surface area contributed by atoms with E-state index in [2.05, 4.69) is 10.3 Å². The summed E-state index contributed by atoms with van der Waals surface area (Å²) in [4.78, 5) is 15.8. The van der Waals surface area contributed by atoms with Crippen LogP contribution in [0.4, 0.5) is 5.82 Å². The van der Waals surface area contributed by atoms with Crippen LogP contribution in [-0.2, 0) is 6.54 Å². The van der Waals surface area contributed by atoms with Crippen molar-refractivity contribution in [3.8, 4) is 5.69 Å². The van der Waals surface area contributed by atoms with Gasteiger partial charge < -0.3 is 11.1 Å². The zero-order valence-corrected chi connectivity index (χ0v) is 13.8. The highest BCUT2D eigenvalue weighted by Gasteiger charge is 2.17. The van der Waals surface area contributed by atoms with E-state index in [1.54, 1.807) is 4.57 Å². The summed E-state index contributed by atoms with van der Waals surface area (Å²) in [6.45, 7) is 0.422. The van der Waals surface area contributed by atoms with Gasteiger partial charge in [0.1, 0.15) is 10.7 Å². The van der Waals surface area contributed by atoms with Crippen molar-refractivity contribution in [1.29, 1.82) is 0 Å². The Kier molecular flexibility index (Phi) is 4.50. The summed E-state index contributed by atoms with van der Waals surface area (Å²) >= 11 is 6.57. The quantitative estimate of drug-likeness (QED) is 0.715. The minimum atomic E-state index is -0.225. The number of carbonyl (C=O) groups is 1. The van der Waals surface area contributed by atoms with Crippen LogP contribution in [0.3, 0.4) is 0 Å². The van der Waals surface area contributed by atoms with Crippen molar-refractivity contribution in [2.45, 2.75) is 6.54 Å². The van der Waals surface area contributed by atoms with E-state index in [-0.39, 0.29) is 5.91 Å². The highest BCUT2D eigenvalue weighted by atomic mass is 32.1. The molecule has 2 aromatic heterocycles. The number of para-hydroxylation sites is 1. The van der Waals surface area contributed by atoms with Crippen molar-refractivity contribution in [2.24, 2.45) is 0 Å². The predicted molar refractivity (Wildman–Crippen MR) is 93.1 cm³/mol. The number of aromatic nitrogens is 2. The average Bonchev–Trinajstić information content (AvgIpc) is 2.89. The van der Waals surface area contributed by atoms with E-state index < -0.39 is 0 Å². The molecule has 0 saturated heterocycles. The number of amides is 1. The zero-order chi connectivity index (χ0) is 16.2. The molecule has 1 aromatic carbocycles. The van der Waals surface area contributed by atoms with Gasteiger partial charge in [0.25, 0.3) is 5.91 Å². The summed E-state index contributed by atoms with van der Waals surface area (Å²) in [5.74, 6) is 0.139. The molecule has 0 saturated carbocycles. The number of rotatable bonds is 4. The number of hydrogen-bond acceptors (Lipinski definition) is 4. The lowest BCUT2D eigenvalue weighted by Gasteiger charge is -2.06. The maximum atomic E-state index is 12.4. The second kappa shape index (κ2) is 6.72. The first kappa shape index (κ1) is 15.4. The Morgan fingerprint density at radius 2 is 2.04 bits per heavy atom. The lowest BCUT2D eigenvalue weighted by atomic mass is 10.3. The van der Waals surface area contributed by atoms with E-state index in [4.69, 9.17) is 18.0 Å². The van der Waals surface area contributed by atoms with Gasteiger partial charge in [0.15, 0.2) is 16.3 Å². The summed E-state index contributed by atoms with van der Waals surface area (Å²) in [6, 6.07) is 13.3. The number of benzene rings is 1. The van der Waals surface area contributed by atoms with Crippen LogP contribution in [0.25, 0.3) is 5.69 Å². The molecule has 0 aliphatic heterocycles. The highest BCUT2D eigenvalue weighted by molar-refractivity contribution is 7.73. The van der Waals surface area contributed by atoms with Gasteiger partial charge in [-0.25, -0.2) is 4.98 Å². The molecule has 3 aromatic rings. The molecule has 1 amide bonds. The van der Waals surface area contributed by atoms with Crippen LogP contribution in [0, 0.1) is 3.95 Å². The molecule has 5 nitrogen and oxygen atoms in total. The van der Waals surface area contributed by atoms with Gasteiger partial charge in [-0.2, -0.15) is 0 Å². The molecule has 3 rings (SSSR count). The van der Waals surface area contributed by atoms with E-state index >= 15 is 0 Å². The fourth-order valence-electron chi connectivity index (χ4n) is 2.17. The number of H-pyrrole nitrogens is 1. The summed E-state index contributed by atoms with van der Waals surface area (Å²) in [5, 5.41) is 2.86. The predicted octanol–water partition coefficient (Wildman–Crippen LogP) is 2.59. The molecular formula is C16H15N4OS2+. The lowest BCUT2D eigenvalue weighted by Crippen LogP contribution is -2.23. The number of aromatic amines is 1. The Morgan fingerprint density at radius 1 is 1.26 bits per heavy atom. The second-order valence-corrected chi connectivity index (χ2v) is 6.49. The van der Waals surface area contributed by atoms with Gasteiger partial charge in [-0.05, 0) is 30.4 Å². The minimum Gasteiger partial charge on any atom is -0.383 e. The number of nitrogen functional groups attached to an aromatic ring is 1. The molecule has 0 aliphatic rings. The lowest BCUT2D eigenvalue weighted by molar-refractivity contribution is -0.378. The Hall–Kier alpha value is -2.51. The number of anilines is 1.